The van der Waals surface area contributed by atoms with Crippen LogP contribution in [0.4, 0.5) is 13.2 Å². The zero-order valence-corrected chi connectivity index (χ0v) is 11.8. The minimum Gasteiger partial charge on any atom is -0.271 e. The zero-order valence-electron chi connectivity index (χ0n) is 10.2. The van der Waals surface area contributed by atoms with Crippen LogP contribution in [0.25, 0.3) is 0 Å². The molecular weight excluding hydrogens is 313 g/mol. The average molecular weight is 329 g/mol. The van der Waals surface area contributed by atoms with Gasteiger partial charge >= 0.3 is 6.18 Å². The molecule has 1 aromatic heterocycles. The van der Waals surface area contributed by atoms with Crippen LogP contribution in [0.2, 0.25) is 0 Å². The van der Waals surface area contributed by atoms with Gasteiger partial charge in [-0.3, -0.25) is 16.0 Å². The summed E-state index contributed by atoms with van der Waals surface area (Å²) in [5, 5.41) is 4.23. The number of aryl methyl sites for hydroxylation is 2. The minimum atomic E-state index is -4.24. The Morgan fingerprint density at radius 3 is 2.50 bits per heavy atom. The van der Waals surface area contributed by atoms with Crippen molar-refractivity contribution in [3.8, 4) is 0 Å². The monoisotopic (exact) mass is 328 g/mol. The molecule has 104 valence electrons. The number of nitrogens with one attached hydrogen (secondary N) is 1. The maximum Gasteiger partial charge on any atom is 0.390 e. The Hall–Kier alpha value is -0.600. The number of rotatable bonds is 5. The lowest BCUT2D eigenvalue weighted by Crippen LogP contribution is -2.40. The van der Waals surface area contributed by atoms with E-state index >= 15 is 0 Å². The second-order valence-electron chi connectivity index (χ2n) is 4.07. The van der Waals surface area contributed by atoms with Crippen LogP contribution in [0.5, 0.6) is 0 Å². The van der Waals surface area contributed by atoms with E-state index < -0.39 is 18.6 Å². The van der Waals surface area contributed by atoms with Crippen molar-refractivity contribution in [3.05, 3.63) is 15.9 Å². The fraction of sp³-hybridized carbons (Fsp3) is 0.700. The standard InChI is InChI=1S/C10H16BrF3N4/c1-3-7-9(11)8(18(2)17-7)4-6(16-15)5-10(12,13)14/h6,16H,3-5,15H2,1-2H3. The van der Waals surface area contributed by atoms with Crippen LogP contribution in [-0.4, -0.2) is 22.0 Å². The molecule has 4 nitrogen and oxygen atoms in total. The Morgan fingerprint density at radius 1 is 1.50 bits per heavy atom. The zero-order chi connectivity index (χ0) is 13.9. The van der Waals surface area contributed by atoms with Gasteiger partial charge in [-0.1, -0.05) is 6.92 Å². The Morgan fingerprint density at radius 2 is 2.11 bits per heavy atom. The maximum absolute atomic E-state index is 12.3. The summed E-state index contributed by atoms with van der Waals surface area (Å²) in [6.45, 7) is 1.94. The van der Waals surface area contributed by atoms with Crippen LogP contribution in [-0.2, 0) is 19.9 Å². The van der Waals surface area contributed by atoms with Crippen LogP contribution in [0, 0.1) is 0 Å². The molecule has 0 saturated heterocycles. The third kappa shape index (κ3) is 3.96. The average Bonchev–Trinajstić information content (AvgIpc) is 2.53. The number of hydrogen-bond donors (Lipinski definition) is 2. The molecule has 0 bridgehead atoms. The Bertz CT molecular complexity index is 403. The van der Waals surface area contributed by atoms with Crippen molar-refractivity contribution in [2.45, 2.75) is 38.4 Å². The number of nitrogens with two attached hydrogens (primary N) is 1. The first-order chi connectivity index (χ1) is 8.28. The lowest BCUT2D eigenvalue weighted by atomic mass is 10.1. The summed E-state index contributed by atoms with van der Waals surface area (Å²) in [7, 11) is 1.71. The molecule has 0 amide bonds. The predicted octanol–water partition coefficient (Wildman–Crippen LogP) is 2.07. The van der Waals surface area contributed by atoms with Gasteiger partial charge in [0, 0.05) is 19.5 Å². The summed E-state index contributed by atoms with van der Waals surface area (Å²) < 4.78 is 39.4. The van der Waals surface area contributed by atoms with Crippen molar-refractivity contribution >= 4 is 15.9 Å². The van der Waals surface area contributed by atoms with Gasteiger partial charge in [0.15, 0.2) is 0 Å². The lowest BCUT2D eigenvalue weighted by molar-refractivity contribution is -0.140. The van der Waals surface area contributed by atoms with E-state index in [2.05, 4.69) is 26.5 Å². The number of hydrogen-bond acceptors (Lipinski definition) is 3. The maximum atomic E-state index is 12.3. The first-order valence-electron chi connectivity index (χ1n) is 5.51. The summed E-state index contributed by atoms with van der Waals surface area (Å²) in [5.74, 6) is 5.17. The Labute approximate surface area is 112 Å². The SMILES string of the molecule is CCc1nn(C)c(CC(CC(F)(F)F)NN)c1Br. The molecule has 8 heteroatoms. The molecule has 0 aliphatic heterocycles. The summed E-state index contributed by atoms with van der Waals surface area (Å²) in [6.07, 6.45) is -4.33. The molecule has 0 aliphatic carbocycles. The van der Waals surface area contributed by atoms with E-state index in [1.807, 2.05) is 6.92 Å². The molecule has 1 heterocycles. The summed E-state index contributed by atoms with van der Waals surface area (Å²) in [4.78, 5) is 0. The normalized spacial score (nSPS) is 13.9. The highest BCUT2D eigenvalue weighted by Crippen LogP contribution is 2.26. The van der Waals surface area contributed by atoms with Gasteiger partial charge in [-0.2, -0.15) is 18.3 Å². The van der Waals surface area contributed by atoms with Crippen molar-refractivity contribution in [1.82, 2.24) is 15.2 Å². The molecule has 0 saturated carbocycles. The third-order valence-corrected chi connectivity index (χ3v) is 3.57. The molecule has 1 aromatic rings. The van der Waals surface area contributed by atoms with E-state index in [1.54, 1.807) is 11.7 Å². The summed E-state index contributed by atoms with van der Waals surface area (Å²) >= 11 is 3.37. The van der Waals surface area contributed by atoms with E-state index in [0.717, 1.165) is 10.2 Å². The second kappa shape index (κ2) is 6.03. The van der Waals surface area contributed by atoms with Crippen molar-refractivity contribution < 1.29 is 13.2 Å². The molecule has 1 atom stereocenters. The van der Waals surface area contributed by atoms with Crippen LogP contribution in [0.3, 0.4) is 0 Å². The molecular formula is C10H16BrF3N4. The van der Waals surface area contributed by atoms with E-state index in [1.165, 1.54) is 0 Å². The molecule has 1 rings (SSSR count). The van der Waals surface area contributed by atoms with Crippen LogP contribution >= 0.6 is 15.9 Å². The third-order valence-electron chi connectivity index (χ3n) is 2.66. The van der Waals surface area contributed by atoms with Gasteiger partial charge in [-0.05, 0) is 22.4 Å². The quantitative estimate of drug-likeness (QED) is 0.642. The number of aromatic nitrogens is 2. The highest BCUT2D eigenvalue weighted by Gasteiger charge is 2.32. The van der Waals surface area contributed by atoms with E-state index in [-0.39, 0.29) is 6.42 Å². The number of alkyl halides is 3. The minimum absolute atomic E-state index is 0.167. The van der Waals surface area contributed by atoms with E-state index in [9.17, 15) is 13.2 Å². The first-order valence-corrected chi connectivity index (χ1v) is 6.30. The van der Waals surface area contributed by atoms with Gasteiger partial charge in [-0.25, -0.2) is 0 Å². The smallest absolute Gasteiger partial charge is 0.271 e. The number of nitrogens with zero attached hydrogens (tertiary/aromatic N) is 2. The van der Waals surface area contributed by atoms with E-state index in [4.69, 9.17) is 5.84 Å². The second-order valence-corrected chi connectivity index (χ2v) is 4.86. The molecule has 0 radical (unpaired) electrons. The fourth-order valence-corrected chi connectivity index (χ4v) is 2.52. The summed E-state index contributed by atoms with van der Waals surface area (Å²) in [6, 6.07) is -0.860. The topological polar surface area (TPSA) is 55.9 Å². The Balaban J connectivity index is 2.85. The molecule has 3 N–H and O–H groups in total. The highest BCUT2D eigenvalue weighted by atomic mass is 79.9. The fourth-order valence-electron chi connectivity index (χ4n) is 1.74. The van der Waals surface area contributed by atoms with Crippen LogP contribution in [0.15, 0.2) is 4.47 Å². The molecule has 0 aliphatic rings. The predicted molar refractivity (Wildman–Crippen MR) is 65.8 cm³/mol. The molecule has 0 fully saturated rings. The van der Waals surface area contributed by atoms with Gasteiger partial charge in [-0.15, -0.1) is 0 Å². The highest BCUT2D eigenvalue weighted by molar-refractivity contribution is 9.10. The summed E-state index contributed by atoms with van der Waals surface area (Å²) in [5.41, 5.74) is 3.74. The molecule has 0 aromatic carbocycles. The van der Waals surface area contributed by atoms with Crippen molar-refractivity contribution in [2.75, 3.05) is 0 Å². The molecule has 1 unspecified atom stereocenters. The van der Waals surface area contributed by atoms with Crippen molar-refractivity contribution in [3.63, 3.8) is 0 Å². The number of halogens is 4. The number of hydrazine groups is 1. The van der Waals surface area contributed by atoms with Gasteiger partial charge in [0.25, 0.3) is 0 Å². The largest absolute Gasteiger partial charge is 0.390 e. The lowest BCUT2D eigenvalue weighted by Gasteiger charge is -2.18. The van der Waals surface area contributed by atoms with Crippen molar-refractivity contribution in [2.24, 2.45) is 12.9 Å². The van der Waals surface area contributed by atoms with Gasteiger partial charge in [0.2, 0.25) is 0 Å². The van der Waals surface area contributed by atoms with Crippen molar-refractivity contribution in [1.29, 1.82) is 0 Å². The first kappa shape index (κ1) is 15.5. The van der Waals surface area contributed by atoms with Gasteiger partial charge in [0.05, 0.1) is 22.3 Å². The van der Waals surface area contributed by atoms with Crippen LogP contribution < -0.4 is 11.3 Å². The Kier molecular flexibility index (Phi) is 5.18. The van der Waals surface area contributed by atoms with Gasteiger partial charge < -0.3 is 0 Å². The van der Waals surface area contributed by atoms with E-state index in [0.29, 0.717) is 12.1 Å². The van der Waals surface area contributed by atoms with Crippen LogP contribution in [0.1, 0.15) is 24.7 Å². The molecule has 18 heavy (non-hydrogen) atoms. The van der Waals surface area contributed by atoms with Gasteiger partial charge in [0.1, 0.15) is 0 Å². The molecule has 0 spiro atoms.